The van der Waals surface area contributed by atoms with Crippen molar-refractivity contribution < 1.29 is 94.1 Å². The molecule has 6 aromatic carbocycles. The van der Waals surface area contributed by atoms with Gasteiger partial charge in [0.25, 0.3) is 0 Å². The van der Waals surface area contributed by atoms with Crippen LogP contribution in [-0.2, 0) is 66.7 Å². The van der Waals surface area contributed by atoms with Crippen molar-refractivity contribution in [3.63, 3.8) is 0 Å². The Balaban J connectivity index is 0.000000172. The van der Waals surface area contributed by atoms with E-state index in [9.17, 15) is 0 Å². The van der Waals surface area contributed by atoms with Gasteiger partial charge >= 0.3 is 0 Å². The van der Waals surface area contributed by atoms with E-state index < -0.39 is 34.3 Å². The molecule has 0 bridgehead atoms. The maximum atomic E-state index is 7.91. The first-order valence-electron chi connectivity index (χ1n) is 47.3. The van der Waals surface area contributed by atoms with Crippen molar-refractivity contribution in [3.8, 4) is 67.5 Å². The Labute approximate surface area is 781 Å². The van der Waals surface area contributed by atoms with E-state index in [0.29, 0.717) is 79.6 Å². The Bertz CT molecular complexity index is 6990. The van der Waals surface area contributed by atoms with Crippen LogP contribution in [0.15, 0.2) is 232 Å². The van der Waals surface area contributed by atoms with Crippen LogP contribution in [0.4, 0.5) is 0 Å². The van der Waals surface area contributed by atoms with Crippen molar-refractivity contribution in [1.29, 1.82) is 0 Å². The number of rotatable bonds is 12. The summed E-state index contributed by atoms with van der Waals surface area (Å²) in [5, 5.41) is 5.61. The van der Waals surface area contributed by atoms with Gasteiger partial charge in [-0.15, -0.1) is 162 Å². The number of hydrogen-bond donors (Lipinski definition) is 0. The van der Waals surface area contributed by atoms with Gasteiger partial charge in [-0.3, -0.25) is 0 Å². The molecule has 0 spiro atoms. The molecule has 0 atom stereocenters. The predicted octanol–water partition coefficient (Wildman–Crippen LogP) is 27.9. The number of furan rings is 3. The third kappa shape index (κ3) is 22.1. The van der Waals surface area contributed by atoms with Crippen LogP contribution in [0, 0.1) is 111 Å². The molecule has 0 unspecified atom stereocenters. The number of fused-ring (bicyclic) bond motifs is 9. The van der Waals surface area contributed by atoms with E-state index in [0.717, 1.165) is 129 Å². The molecule has 18 aromatic rings. The van der Waals surface area contributed by atoms with Gasteiger partial charge in [-0.1, -0.05) is 166 Å². The molecule has 0 aliphatic heterocycles. The topological polar surface area (TPSA) is 155 Å². The van der Waals surface area contributed by atoms with Crippen molar-refractivity contribution in [1.82, 2.24) is 44.9 Å². The molecule has 12 nitrogen and oxygen atoms in total. The summed E-state index contributed by atoms with van der Waals surface area (Å²) in [5.41, 5.74) is 24.1. The second-order valence-corrected chi connectivity index (χ2v) is 31.1. The molecule has 0 saturated heterocycles. The summed E-state index contributed by atoms with van der Waals surface area (Å²) in [6.45, 7) is 20.0. The van der Waals surface area contributed by atoms with E-state index in [1.165, 1.54) is 46.9 Å². The quantitative estimate of drug-likeness (QED) is 0.107. The fraction of sp³-hybridized carbons (Fsp3) is 0.243. The molecule has 15 heteroatoms. The monoisotopic (exact) mass is 2160 g/mol. The fourth-order valence-corrected chi connectivity index (χ4v) is 13.8. The summed E-state index contributed by atoms with van der Waals surface area (Å²) >= 11 is 0. The van der Waals surface area contributed by atoms with Crippen LogP contribution in [0.25, 0.3) is 134 Å². The molecule has 0 amide bonds. The Morgan fingerprint density at radius 3 is 1.06 bits per heavy atom. The molecule has 12 aromatic heterocycles. The van der Waals surface area contributed by atoms with Crippen molar-refractivity contribution in [2.75, 3.05) is 0 Å². The third-order valence-electron chi connectivity index (χ3n) is 20.3. The van der Waals surface area contributed by atoms with Crippen LogP contribution in [0.2, 0.25) is 0 Å². The summed E-state index contributed by atoms with van der Waals surface area (Å²) in [4.78, 5) is 40.0. The fourth-order valence-electron chi connectivity index (χ4n) is 13.8. The summed E-state index contributed by atoms with van der Waals surface area (Å²) in [7, 11) is 0. The van der Waals surface area contributed by atoms with E-state index in [1.807, 2.05) is 123 Å². The summed E-state index contributed by atoms with van der Waals surface area (Å²) in [6.07, 6.45) is 10.7. The third-order valence-corrected chi connectivity index (χ3v) is 20.3. The molecule has 3 radical (unpaired) electrons. The maximum absolute atomic E-state index is 7.91. The molecular formula is C107H103Ir3N9O3-6. The number of nitrogens with zero attached hydrogens (tertiary/aromatic N) is 9. The van der Waals surface area contributed by atoms with Gasteiger partial charge < -0.3 is 43.2 Å². The minimum atomic E-state index is -2.34. The van der Waals surface area contributed by atoms with Crippen molar-refractivity contribution >= 4 is 66.2 Å². The molecule has 0 saturated carbocycles. The molecule has 627 valence electrons. The first kappa shape index (κ1) is 73.7. The number of aromatic nitrogens is 9. The number of benzene rings is 6. The van der Waals surface area contributed by atoms with Crippen LogP contribution in [0.3, 0.4) is 0 Å². The molecule has 0 aliphatic carbocycles. The summed E-state index contributed by atoms with van der Waals surface area (Å²) in [6, 6.07) is 75.7. The first-order chi connectivity index (χ1) is 63.3. The van der Waals surface area contributed by atoms with Crippen molar-refractivity contribution in [2.45, 2.75) is 168 Å². The molecule has 122 heavy (non-hydrogen) atoms. The second-order valence-electron chi connectivity index (χ2n) is 31.1. The average Bonchev–Trinajstić information content (AvgIpc) is 1.63. The van der Waals surface area contributed by atoms with Gasteiger partial charge in [0.1, 0.15) is 0 Å². The zero-order valence-corrected chi connectivity index (χ0v) is 77.8. The summed E-state index contributed by atoms with van der Waals surface area (Å²) in [5.74, 6) is 1.85. The molecule has 0 aliphatic rings. The van der Waals surface area contributed by atoms with Crippen LogP contribution < -0.4 is 0 Å². The van der Waals surface area contributed by atoms with Crippen LogP contribution >= 0.6 is 0 Å². The smallest absolute Gasteiger partial charge is 0.216 e. The zero-order valence-electron chi connectivity index (χ0n) is 85.6. The SMILES string of the molecule is Cc1cc(-c2[c-]ccc3c2oc2nc(C(C)C)ccc23)ncc1C(C)C.Cc1cnc(-c2[c-]ccc3c2oc2nc(CC(C)C)ccc23)cc1C(C)C.[2H]C([2H])([2H])c1ccc2c(n1)oc1c(-c3cc(C([2H])([2H])[2H])c(C(C)C)cn3)[c-]ccc12.[2H]C([2H])([2H])c1cnc(-c2[c-]cccc2)cc1C.[2H]C([2H])([2H])c1cnc(-c2[c-]cccc2)cc1C.[2H]C([2H])([2H])c1cnc(-c2[c-]cccc2)cc1C.[Ir].[Ir].[Ir]. The Hall–Kier alpha value is -11.0. The standard InChI is InChI=1S/C24H25N2O.C23H23N2O.C21H19N2O.3C13H12N.3Ir/c1-14(2)11-17-9-10-19-18-7-6-8-20(23(18)27-24(19)26-17)22-12-21(15(3)4)16(5)13-25-22;1-13(2)19-12-24-21(11-15(19)5)18-8-6-7-16-17-9-10-20(14(3)4)25-23(17)26-22(16)18;1-12(2)18-11-22-19(10-13(18)3)17-7-5-6-15-16-9-8-14(4)23-21(16)24-20(15)17;3*1-10-8-13(14-9-11(10)2)12-6-4-3-5-7-12;;;/h6-7,9-10,12-15H,11H2,1-5H3;6-7,9-14H,1-5H3;5-6,8-12H,1-4H3;3*3-6,8-9H,1-2H3;;;/q6*-1;;;/i;;3D3,4D3;3*2D3;;;. The molecule has 0 fully saturated rings. The molecule has 18 rings (SSSR count). The van der Waals surface area contributed by atoms with Gasteiger partial charge in [0, 0.05) is 151 Å². The number of pyridine rings is 9. The maximum Gasteiger partial charge on any atom is 0.216 e. The normalized spacial score (nSPS) is 13.3. The van der Waals surface area contributed by atoms with Gasteiger partial charge in [-0.2, -0.15) is 0 Å². The number of aryl methyl sites for hydroxylation is 10. The Morgan fingerprint density at radius 1 is 0.303 bits per heavy atom. The summed E-state index contributed by atoms with van der Waals surface area (Å²) < 4.78 is 131. The molecule has 0 N–H and O–H groups in total. The van der Waals surface area contributed by atoms with Crippen LogP contribution in [0.5, 0.6) is 0 Å². The molecular weight excluding hydrogens is 2040 g/mol. The van der Waals surface area contributed by atoms with E-state index in [-0.39, 0.29) is 83.2 Å². The first-order valence-corrected chi connectivity index (χ1v) is 39.8. The van der Waals surface area contributed by atoms with Gasteiger partial charge in [0.15, 0.2) is 0 Å². The zero-order chi connectivity index (χ0) is 96.8. The second kappa shape index (κ2) is 42.2. The molecule has 12 heterocycles. The Morgan fingerprint density at radius 2 is 0.672 bits per heavy atom. The van der Waals surface area contributed by atoms with E-state index in [4.69, 9.17) is 43.8 Å². The predicted molar refractivity (Wildman–Crippen MR) is 489 cm³/mol. The van der Waals surface area contributed by atoms with Gasteiger partial charge in [0.05, 0.1) is 16.7 Å². The van der Waals surface area contributed by atoms with Crippen molar-refractivity contribution in [3.05, 3.63) is 339 Å². The minimum Gasteiger partial charge on any atom is -0.486 e. The largest absolute Gasteiger partial charge is 0.486 e. The number of hydrogen-bond acceptors (Lipinski definition) is 12. The van der Waals surface area contributed by atoms with Gasteiger partial charge in [-0.25, -0.2) is 15.0 Å². The van der Waals surface area contributed by atoms with E-state index in [2.05, 4.69) is 177 Å². The van der Waals surface area contributed by atoms with Crippen LogP contribution in [0.1, 0.15) is 197 Å². The van der Waals surface area contributed by atoms with Crippen LogP contribution in [-0.4, -0.2) is 44.9 Å². The minimum absolute atomic E-state index is 0. The van der Waals surface area contributed by atoms with Gasteiger partial charge in [0.2, 0.25) is 17.1 Å². The van der Waals surface area contributed by atoms with Gasteiger partial charge in [-0.05, 0) is 214 Å². The van der Waals surface area contributed by atoms with E-state index in [1.54, 1.807) is 69.4 Å². The van der Waals surface area contributed by atoms with E-state index >= 15 is 0 Å². The van der Waals surface area contributed by atoms with Crippen molar-refractivity contribution in [2.24, 2.45) is 5.92 Å². The Kier molecular flexibility index (Phi) is 25.5. The average molecular weight is 2150 g/mol.